The average Bonchev–Trinajstić information content (AvgIpc) is 2.60. The molecule has 0 aliphatic heterocycles. The normalized spacial score (nSPS) is 12.1. The Morgan fingerprint density at radius 2 is 1.69 bits per heavy atom. The Labute approximate surface area is 177 Å². The molecule has 0 unspecified atom stereocenters. The summed E-state index contributed by atoms with van der Waals surface area (Å²) in [5.41, 5.74) is 1.19. The fourth-order valence-corrected chi connectivity index (χ4v) is 3.32. The summed E-state index contributed by atoms with van der Waals surface area (Å²) in [6.45, 7) is 3.57. The Morgan fingerprint density at radius 1 is 1.08 bits per heavy atom. The van der Waals surface area contributed by atoms with E-state index in [1.807, 2.05) is 36.7 Å². The molecule has 0 saturated heterocycles. The summed E-state index contributed by atoms with van der Waals surface area (Å²) in [5.74, 6) is 0.981. The molecule has 0 atom stereocenters. The first-order valence-corrected chi connectivity index (χ1v) is 9.82. The summed E-state index contributed by atoms with van der Waals surface area (Å²) >= 11 is 5.78. The minimum absolute atomic E-state index is 0. The standard InChI is InChI=1S/C18H22ClN3O2S.HI/c1-15(20-14-16-6-4-3-5-7-16)22(2)13-12-21-25(23,24)18-10-8-17(19)9-11-18;/h3-11,21H,12-14H2,1-2H3;1H. The fourth-order valence-electron chi connectivity index (χ4n) is 2.17. The van der Waals surface area contributed by atoms with Gasteiger partial charge in [-0.25, -0.2) is 13.1 Å². The molecule has 8 heteroatoms. The summed E-state index contributed by atoms with van der Waals surface area (Å²) in [5, 5.41) is 3.84. The van der Waals surface area contributed by atoms with E-state index >= 15 is 0 Å². The van der Waals surface area contributed by atoms with Crippen molar-refractivity contribution >= 4 is 27.5 Å². The van der Waals surface area contributed by atoms with Gasteiger partial charge < -0.3 is 24.0 Å². The summed E-state index contributed by atoms with van der Waals surface area (Å²) in [7, 11) is -1.60. The molecule has 0 saturated carbocycles. The van der Waals surface area contributed by atoms with Crippen LogP contribution in [-0.2, 0) is 16.6 Å². The zero-order valence-corrected chi connectivity index (χ0v) is 18.5. The Bertz CT molecular complexity index is 825. The van der Waals surface area contributed by atoms with Crippen molar-refractivity contribution in [3.05, 3.63) is 65.2 Å². The largest absolute Gasteiger partial charge is 1.00 e. The van der Waals surface area contributed by atoms with Gasteiger partial charge in [0.2, 0.25) is 15.9 Å². The Hall–Kier alpha value is -1.16. The molecule has 0 amide bonds. The summed E-state index contributed by atoms with van der Waals surface area (Å²) in [6.07, 6.45) is 0. The summed E-state index contributed by atoms with van der Waals surface area (Å²) in [6, 6.07) is 16.2. The van der Waals surface area contributed by atoms with Crippen LogP contribution in [0.3, 0.4) is 0 Å². The van der Waals surface area contributed by atoms with Crippen molar-refractivity contribution in [1.29, 1.82) is 0 Å². The third-order valence-corrected chi connectivity index (χ3v) is 5.56. The molecular weight excluding hydrogens is 485 g/mol. The molecule has 0 aliphatic rings. The minimum atomic E-state index is -3.52. The molecule has 0 radical (unpaired) electrons. The predicted molar refractivity (Wildman–Crippen MR) is 102 cm³/mol. The highest BCUT2D eigenvalue weighted by molar-refractivity contribution is 7.89. The molecule has 142 valence electrons. The number of benzene rings is 2. The van der Waals surface area contributed by atoms with Crippen LogP contribution in [0.2, 0.25) is 5.02 Å². The maximum Gasteiger partial charge on any atom is 0.241 e. The lowest BCUT2D eigenvalue weighted by Gasteiger charge is -2.09. The number of sulfonamides is 1. The van der Waals surface area contributed by atoms with Crippen LogP contribution < -0.4 is 34.0 Å². The minimum Gasteiger partial charge on any atom is -1.00 e. The Balaban J connectivity index is 0.00000338. The lowest BCUT2D eigenvalue weighted by atomic mass is 10.2. The number of likely N-dealkylation sites (N-methyl/N-ethyl adjacent to an activating group) is 1. The van der Waals surface area contributed by atoms with Crippen molar-refractivity contribution in [2.75, 3.05) is 20.1 Å². The SMILES string of the molecule is CC(NCc1ccccc1)=[N+](C)CCNS(=O)(=O)c1ccc(Cl)cc1.[I-]. The van der Waals surface area contributed by atoms with Gasteiger partial charge in [-0.05, 0) is 29.8 Å². The van der Waals surface area contributed by atoms with Gasteiger partial charge in [-0.15, -0.1) is 0 Å². The highest BCUT2D eigenvalue weighted by Crippen LogP contribution is 2.13. The lowest BCUT2D eigenvalue weighted by molar-refractivity contribution is -0.497. The van der Waals surface area contributed by atoms with E-state index in [2.05, 4.69) is 22.2 Å². The number of nitrogens with one attached hydrogen (secondary N) is 2. The van der Waals surface area contributed by atoms with Gasteiger partial charge in [-0.2, -0.15) is 0 Å². The average molecular weight is 508 g/mol. The first kappa shape index (κ1) is 22.9. The molecule has 2 aromatic carbocycles. The van der Waals surface area contributed by atoms with Crippen LogP contribution in [0.1, 0.15) is 12.5 Å². The van der Waals surface area contributed by atoms with Gasteiger partial charge in [-0.1, -0.05) is 41.9 Å². The molecule has 2 rings (SSSR count). The van der Waals surface area contributed by atoms with Gasteiger partial charge in [-0.3, -0.25) is 9.89 Å². The molecule has 26 heavy (non-hydrogen) atoms. The molecule has 0 heterocycles. The van der Waals surface area contributed by atoms with Crippen molar-refractivity contribution in [2.24, 2.45) is 0 Å². The van der Waals surface area contributed by atoms with Gasteiger partial charge >= 0.3 is 0 Å². The second-order valence-electron chi connectivity index (χ2n) is 5.70. The van der Waals surface area contributed by atoms with Crippen molar-refractivity contribution in [2.45, 2.75) is 18.4 Å². The fraction of sp³-hybridized carbons (Fsp3) is 0.278. The zero-order chi connectivity index (χ0) is 18.3. The van der Waals surface area contributed by atoms with Crippen LogP contribution in [0.15, 0.2) is 59.5 Å². The van der Waals surface area contributed by atoms with Crippen molar-refractivity contribution in [1.82, 2.24) is 10.0 Å². The van der Waals surface area contributed by atoms with E-state index in [0.29, 0.717) is 18.1 Å². The quantitative estimate of drug-likeness (QED) is 0.229. The third-order valence-electron chi connectivity index (χ3n) is 3.83. The monoisotopic (exact) mass is 507 g/mol. The molecule has 2 aromatic rings. The predicted octanol–water partition coefficient (Wildman–Crippen LogP) is -0.527. The Kier molecular flexibility index (Phi) is 9.56. The van der Waals surface area contributed by atoms with Crippen LogP contribution in [0, 0.1) is 0 Å². The third kappa shape index (κ3) is 7.22. The van der Waals surface area contributed by atoms with E-state index in [4.69, 9.17) is 11.6 Å². The van der Waals surface area contributed by atoms with E-state index in [1.165, 1.54) is 17.7 Å². The van der Waals surface area contributed by atoms with Gasteiger partial charge in [0.05, 0.1) is 18.5 Å². The van der Waals surface area contributed by atoms with E-state index in [1.54, 1.807) is 12.1 Å². The van der Waals surface area contributed by atoms with E-state index < -0.39 is 10.0 Å². The number of rotatable bonds is 7. The number of halogens is 2. The maximum absolute atomic E-state index is 12.2. The highest BCUT2D eigenvalue weighted by atomic mass is 127. The smallest absolute Gasteiger partial charge is 0.241 e. The molecule has 0 bridgehead atoms. The van der Waals surface area contributed by atoms with E-state index in [0.717, 1.165) is 12.4 Å². The van der Waals surface area contributed by atoms with Crippen molar-refractivity contribution in [3.8, 4) is 0 Å². The van der Waals surface area contributed by atoms with Gasteiger partial charge in [0.15, 0.2) is 0 Å². The first-order chi connectivity index (χ1) is 11.9. The van der Waals surface area contributed by atoms with Gasteiger partial charge in [0.25, 0.3) is 0 Å². The van der Waals surface area contributed by atoms with Crippen LogP contribution >= 0.6 is 11.6 Å². The summed E-state index contributed by atoms with van der Waals surface area (Å²) < 4.78 is 29.0. The van der Waals surface area contributed by atoms with E-state index in [-0.39, 0.29) is 28.9 Å². The molecule has 0 spiro atoms. The number of hydrogen-bond donors (Lipinski definition) is 2. The van der Waals surface area contributed by atoms with Crippen LogP contribution in [0.25, 0.3) is 0 Å². The number of hydrogen-bond acceptors (Lipinski definition) is 2. The maximum atomic E-state index is 12.2. The molecule has 0 fully saturated rings. The second kappa shape index (κ2) is 10.9. The molecule has 0 aliphatic carbocycles. The summed E-state index contributed by atoms with van der Waals surface area (Å²) in [4.78, 5) is 0.211. The van der Waals surface area contributed by atoms with Gasteiger partial charge in [0.1, 0.15) is 6.54 Å². The van der Waals surface area contributed by atoms with Crippen LogP contribution in [0.5, 0.6) is 0 Å². The van der Waals surface area contributed by atoms with Crippen LogP contribution in [-0.4, -0.2) is 39.0 Å². The Morgan fingerprint density at radius 3 is 2.31 bits per heavy atom. The molecular formula is C18H23ClIN3O2S. The first-order valence-electron chi connectivity index (χ1n) is 7.96. The number of amidine groups is 1. The topological polar surface area (TPSA) is 61.2 Å². The molecule has 2 N–H and O–H groups in total. The lowest BCUT2D eigenvalue weighted by Crippen LogP contribution is -3.00. The van der Waals surface area contributed by atoms with Crippen molar-refractivity contribution < 1.29 is 37.0 Å². The molecule has 0 aromatic heterocycles. The molecule has 5 nitrogen and oxygen atoms in total. The zero-order valence-electron chi connectivity index (χ0n) is 14.7. The second-order valence-corrected chi connectivity index (χ2v) is 7.90. The number of nitrogens with zero attached hydrogens (tertiary/aromatic N) is 1. The highest BCUT2D eigenvalue weighted by Gasteiger charge is 2.14. The van der Waals surface area contributed by atoms with E-state index in [9.17, 15) is 8.42 Å². The van der Waals surface area contributed by atoms with Crippen molar-refractivity contribution in [3.63, 3.8) is 0 Å². The van der Waals surface area contributed by atoms with Crippen LogP contribution in [0.4, 0.5) is 0 Å². The van der Waals surface area contributed by atoms with Gasteiger partial charge in [0, 0.05) is 18.5 Å².